The minimum atomic E-state index is -3.84. The molecule has 2 aromatic carbocycles. The van der Waals surface area contributed by atoms with Gasteiger partial charge in [-0.3, -0.25) is 15.0 Å². The van der Waals surface area contributed by atoms with Crippen molar-refractivity contribution in [2.75, 3.05) is 45.3 Å². The maximum Gasteiger partial charge on any atom is 0.257 e. The molecule has 36 heavy (non-hydrogen) atoms. The van der Waals surface area contributed by atoms with E-state index in [9.17, 15) is 13.2 Å². The van der Waals surface area contributed by atoms with E-state index in [0.717, 1.165) is 36.6 Å². The first kappa shape index (κ1) is 24.8. The zero-order chi connectivity index (χ0) is 25.1. The Morgan fingerprint density at radius 2 is 1.92 bits per heavy atom. The number of anilines is 1. The van der Waals surface area contributed by atoms with Gasteiger partial charge in [-0.2, -0.15) is 4.31 Å². The number of carbonyl (C=O) groups is 1. The van der Waals surface area contributed by atoms with Crippen molar-refractivity contribution >= 4 is 32.4 Å². The summed E-state index contributed by atoms with van der Waals surface area (Å²) in [6, 6.07) is 14.8. The Morgan fingerprint density at radius 1 is 1.14 bits per heavy atom. The van der Waals surface area contributed by atoms with Crippen LogP contribution in [0.5, 0.6) is 5.75 Å². The molecule has 2 aliphatic heterocycles. The number of sulfonamides is 1. The topological polar surface area (TPSA) is 101 Å². The van der Waals surface area contributed by atoms with Gasteiger partial charge in [-0.05, 0) is 23.8 Å². The first-order chi connectivity index (χ1) is 17.4. The van der Waals surface area contributed by atoms with Crippen LogP contribution in [0.25, 0.3) is 0 Å². The Kier molecular flexibility index (Phi) is 7.35. The normalized spacial score (nSPS) is 16.9. The zero-order valence-corrected chi connectivity index (χ0v) is 21.6. The second-order valence-corrected chi connectivity index (χ2v) is 11.7. The van der Waals surface area contributed by atoms with Gasteiger partial charge in [-0.25, -0.2) is 13.4 Å². The average molecular weight is 529 g/mol. The Morgan fingerprint density at radius 3 is 2.67 bits per heavy atom. The van der Waals surface area contributed by atoms with Gasteiger partial charge in [0.25, 0.3) is 5.91 Å². The molecule has 11 heteroatoms. The lowest BCUT2D eigenvalue weighted by molar-refractivity contribution is 0.0729. The van der Waals surface area contributed by atoms with E-state index in [1.165, 1.54) is 40.4 Å². The van der Waals surface area contributed by atoms with Crippen LogP contribution >= 0.6 is 11.3 Å². The molecule has 1 fully saturated rings. The Hall–Kier alpha value is -2.83. The van der Waals surface area contributed by atoms with Crippen LogP contribution in [0.3, 0.4) is 0 Å². The number of methoxy groups -OCH3 is 1. The van der Waals surface area contributed by atoms with Crippen LogP contribution in [0.1, 0.15) is 26.5 Å². The van der Waals surface area contributed by atoms with Gasteiger partial charge in [0.05, 0.1) is 26.0 Å². The van der Waals surface area contributed by atoms with E-state index in [2.05, 4.69) is 27.3 Å². The van der Waals surface area contributed by atoms with Crippen LogP contribution in [-0.4, -0.2) is 68.5 Å². The van der Waals surface area contributed by atoms with Gasteiger partial charge in [0, 0.05) is 49.6 Å². The summed E-state index contributed by atoms with van der Waals surface area (Å²) in [5.74, 6) is -0.218. The third kappa shape index (κ3) is 5.30. The number of fused-ring (bicyclic) bond motifs is 1. The Balaban J connectivity index is 1.31. The van der Waals surface area contributed by atoms with Crippen molar-refractivity contribution in [2.24, 2.45) is 0 Å². The third-order valence-electron chi connectivity index (χ3n) is 6.29. The number of hydrogen-bond donors (Lipinski definition) is 1. The van der Waals surface area contributed by atoms with Crippen molar-refractivity contribution in [3.8, 4) is 5.75 Å². The van der Waals surface area contributed by atoms with E-state index in [1.54, 1.807) is 6.07 Å². The lowest BCUT2D eigenvalue weighted by Crippen LogP contribution is -2.40. The number of hydrogen-bond acceptors (Lipinski definition) is 8. The second kappa shape index (κ2) is 10.7. The fraction of sp³-hybridized carbons (Fsp3) is 0.360. The van der Waals surface area contributed by atoms with Gasteiger partial charge in [0.2, 0.25) is 10.0 Å². The van der Waals surface area contributed by atoms with Crippen LogP contribution in [0, 0.1) is 0 Å². The molecule has 1 saturated heterocycles. The summed E-state index contributed by atoms with van der Waals surface area (Å²) in [4.78, 5) is 21.2. The number of carbonyl (C=O) groups excluding carboxylic acids is 1. The summed E-state index contributed by atoms with van der Waals surface area (Å²) < 4.78 is 38.4. The van der Waals surface area contributed by atoms with Crippen LogP contribution < -0.4 is 10.1 Å². The largest absolute Gasteiger partial charge is 0.495 e. The van der Waals surface area contributed by atoms with Gasteiger partial charge in [-0.15, -0.1) is 11.3 Å². The standard InChI is InChI=1S/C25H28N4O5S2/c1-33-21-8-7-19(15-23(21)36(31,32)29-11-13-34-14-12-29)24(30)27-25-26-20-9-10-28(17-22(20)35-25)16-18-5-3-2-4-6-18/h2-8,15H,9-14,16-17H2,1H3,(H,26,27,30). The van der Waals surface area contributed by atoms with E-state index in [-0.39, 0.29) is 29.3 Å². The number of rotatable bonds is 7. The predicted octanol–water partition coefficient (Wildman–Crippen LogP) is 2.98. The molecule has 0 spiro atoms. The molecular formula is C25H28N4O5S2. The Bertz CT molecular complexity index is 1340. The van der Waals surface area contributed by atoms with E-state index in [4.69, 9.17) is 9.47 Å². The fourth-order valence-corrected chi connectivity index (χ4v) is 7.03. The zero-order valence-electron chi connectivity index (χ0n) is 20.0. The molecule has 5 rings (SSSR count). The van der Waals surface area contributed by atoms with Crippen molar-refractivity contribution in [1.82, 2.24) is 14.2 Å². The number of thiazole rings is 1. The highest BCUT2D eigenvalue weighted by Gasteiger charge is 2.30. The fourth-order valence-electron chi connectivity index (χ4n) is 4.39. The molecule has 0 bridgehead atoms. The van der Waals surface area contributed by atoms with E-state index >= 15 is 0 Å². The van der Waals surface area contributed by atoms with Crippen molar-refractivity contribution in [2.45, 2.75) is 24.4 Å². The summed E-state index contributed by atoms with van der Waals surface area (Å²) in [5.41, 5.74) is 2.49. The van der Waals surface area contributed by atoms with E-state index in [1.807, 2.05) is 18.2 Å². The second-order valence-electron chi connectivity index (χ2n) is 8.67. The molecule has 2 aliphatic rings. The van der Waals surface area contributed by atoms with Crippen LogP contribution in [0.15, 0.2) is 53.4 Å². The highest BCUT2D eigenvalue weighted by Crippen LogP contribution is 2.31. The van der Waals surface area contributed by atoms with E-state index < -0.39 is 15.9 Å². The Labute approximate surface area is 214 Å². The maximum absolute atomic E-state index is 13.2. The van der Waals surface area contributed by atoms with E-state index in [0.29, 0.717) is 18.3 Å². The molecular weight excluding hydrogens is 500 g/mol. The lowest BCUT2D eigenvalue weighted by atomic mass is 10.1. The molecule has 3 heterocycles. The van der Waals surface area contributed by atoms with Crippen molar-refractivity contribution in [3.63, 3.8) is 0 Å². The van der Waals surface area contributed by atoms with Crippen molar-refractivity contribution in [3.05, 3.63) is 70.2 Å². The molecule has 0 radical (unpaired) electrons. The van der Waals surface area contributed by atoms with Gasteiger partial charge >= 0.3 is 0 Å². The number of morpholine rings is 1. The third-order valence-corrected chi connectivity index (χ3v) is 9.21. The van der Waals surface area contributed by atoms with Gasteiger partial charge in [0.1, 0.15) is 10.6 Å². The summed E-state index contributed by atoms with van der Waals surface area (Å²) in [6.45, 7) is 3.73. The highest BCUT2D eigenvalue weighted by atomic mass is 32.2. The van der Waals surface area contributed by atoms with Gasteiger partial charge < -0.3 is 9.47 Å². The molecule has 1 aromatic heterocycles. The van der Waals surface area contributed by atoms with Gasteiger partial charge in [0.15, 0.2) is 5.13 Å². The van der Waals surface area contributed by atoms with Crippen LogP contribution in [-0.2, 0) is 34.3 Å². The SMILES string of the molecule is COc1ccc(C(=O)Nc2nc3c(s2)CN(Cc2ccccc2)CC3)cc1S(=O)(=O)N1CCOCC1. The first-order valence-electron chi connectivity index (χ1n) is 11.8. The molecule has 9 nitrogen and oxygen atoms in total. The summed E-state index contributed by atoms with van der Waals surface area (Å²) in [5, 5.41) is 3.37. The molecule has 0 aliphatic carbocycles. The number of benzene rings is 2. The number of amides is 1. The molecule has 190 valence electrons. The van der Waals surface area contributed by atoms with Crippen molar-refractivity contribution < 1.29 is 22.7 Å². The molecule has 1 amide bonds. The predicted molar refractivity (Wildman–Crippen MR) is 137 cm³/mol. The minimum absolute atomic E-state index is 0.0328. The smallest absolute Gasteiger partial charge is 0.257 e. The maximum atomic E-state index is 13.2. The monoisotopic (exact) mass is 528 g/mol. The summed E-state index contributed by atoms with van der Waals surface area (Å²) in [7, 11) is -2.43. The molecule has 0 atom stereocenters. The lowest BCUT2D eigenvalue weighted by Gasteiger charge is -2.26. The van der Waals surface area contributed by atoms with Crippen molar-refractivity contribution in [1.29, 1.82) is 0 Å². The number of nitrogens with one attached hydrogen (secondary N) is 1. The van der Waals surface area contributed by atoms with Gasteiger partial charge in [-0.1, -0.05) is 30.3 Å². The number of aromatic nitrogens is 1. The molecule has 1 N–H and O–H groups in total. The minimum Gasteiger partial charge on any atom is -0.495 e. The summed E-state index contributed by atoms with van der Waals surface area (Å²) in [6.07, 6.45) is 0.818. The molecule has 0 unspecified atom stereocenters. The van der Waals surface area contributed by atoms with Crippen LogP contribution in [0.4, 0.5) is 5.13 Å². The highest BCUT2D eigenvalue weighted by molar-refractivity contribution is 7.89. The quantitative estimate of drug-likeness (QED) is 0.503. The summed E-state index contributed by atoms with van der Waals surface area (Å²) >= 11 is 1.46. The number of ether oxygens (including phenoxy) is 2. The first-order valence-corrected chi connectivity index (χ1v) is 14.0. The molecule has 3 aromatic rings. The van der Waals surface area contributed by atoms with Crippen LogP contribution in [0.2, 0.25) is 0 Å². The average Bonchev–Trinajstić information content (AvgIpc) is 3.31. The molecule has 0 saturated carbocycles. The number of nitrogens with zero attached hydrogens (tertiary/aromatic N) is 3.